The van der Waals surface area contributed by atoms with Gasteiger partial charge >= 0.3 is 0 Å². The molecule has 2 aromatic rings. The minimum Gasteiger partial charge on any atom is -0.355 e. The van der Waals surface area contributed by atoms with Crippen LogP contribution >= 0.6 is 23.4 Å². The van der Waals surface area contributed by atoms with Crippen LogP contribution in [-0.2, 0) is 11.3 Å². The highest BCUT2D eigenvalue weighted by Gasteiger charge is 2.32. The van der Waals surface area contributed by atoms with E-state index in [4.69, 9.17) is 11.6 Å². The van der Waals surface area contributed by atoms with Gasteiger partial charge in [0.2, 0.25) is 5.91 Å². The quantitative estimate of drug-likeness (QED) is 0.710. The minimum absolute atomic E-state index is 0.0129. The average Bonchev–Trinajstić information content (AvgIpc) is 3.22. The third kappa shape index (κ3) is 4.36. The van der Waals surface area contributed by atoms with E-state index in [-0.39, 0.29) is 5.91 Å². The molecule has 1 fully saturated rings. The fraction of sp³-hybridized carbons (Fsp3) is 0.625. The number of carbonyl (C=O) groups is 1. The van der Waals surface area contributed by atoms with Crippen molar-refractivity contribution in [3.8, 4) is 11.5 Å². The monoisotopic (exact) mass is 382 g/mol. The first-order valence-corrected chi connectivity index (χ1v) is 9.93. The van der Waals surface area contributed by atoms with Crippen LogP contribution in [0.3, 0.4) is 0 Å². The van der Waals surface area contributed by atoms with Crippen LogP contribution in [-0.4, -0.2) is 42.7 Å². The molecule has 136 valence electrons. The van der Waals surface area contributed by atoms with Gasteiger partial charge in [0.1, 0.15) is 5.69 Å². The summed E-state index contributed by atoms with van der Waals surface area (Å²) in [6, 6.07) is 0.370. The number of thioether (sulfide) groups is 1. The first-order valence-electron chi connectivity index (χ1n) is 8.57. The summed E-state index contributed by atoms with van der Waals surface area (Å²) < 4.78 is 3.87. The second kappa shape index (κ2) is 7.78. The van der Waals surface area contributed by atoms with Gasteiger partial charge < -0.3 is 5.32 Å². The lowest BCUT2D eigenvalue weighted by Crippen LogP contribution is -2.28. The van der Waals surface area contributed by atoms with Crippen molar-refractivity contribution in [2.45, 2.75) is 51.4 Å². The van der Waals surface area contributed by atoms with Gasteiger partial charge in [-0.25, -0.2) is 0 Å². The van der Waals surface area contributed by atoms with Crippen LogP contribution in [0.15, 0.2) is 11.4 Å². The molecule has 0 bridgehead atoms. The highest BCUT2D eigenvalue weighted by Crippen LogP contribution is 2.41. The first-order chi connectivity index (χ1) is 12.0. The van der Waals surface area contributed by atoms with Crippen molar-refractivity contribution in [3.05, 3.63) is 11.2 Å². The van der Waals surface area contributed by atoms with Crippen molar-refractivity contribution in [2.24, 2.45) is 5.92 Å². The summed E-state index contributed by atoms with van der Waals surface area (Å²) in [6.07, 6.45) is 3.98. The zero-order valence-electron chi connectivity index (χ0n) is 14.7. The van der Waals surface area contributed by atoms with Crippen molar-refractivity contribution in [3.63, 3.8) is 0 Å². The Labute approximate surface area is 156 Å². The third-order valence-electron chi connectivity index (χ3n) is 3.87. The predicted molar refractivity (Wildman–Crippen MR) is 98.8 cm³/mol. The van der Waals surface area contributed by atoms with E-state index in [1.807, 2.05) is 6.92 Å². The summed E-state index contributed by atoms with van der Waals surface area (Å²) in [6.45, 7) is 7.58. The summed E-state index contributed by atoms with van der Waals surface area (Å²) in [5.41, 5.74) is 0.652. The van der Waals surface area contributed by atoms with Crippen molar-refractivity contribution in [2.75, 3.05) is 12.3 Å². The van der Waals surface area contributed by atoms with E-state index in [0.29, 0.717) is 40.8 Å². The molecule has 1 aliphatic carbocycles. The van der Waals surface area contributed by atoms with Crippen molar-refractivity contribution in [1.29, 1.82) is 0 Å². The zero-order valence-corrected chi connectivity index (χ0v) is 16.3. The van der Waals surface area contributed by atoms with Gasteiger partial charge in [-0.3, -0.25) is 14.0 Å². The maximum absolute atomic E-state index is 12.0. The molecule has 0 saturated heterocycles. The molecule has 0 spiro atoms. The smallest absolute Gasteiger partial charge is 0.230 e. The molecule has 9 heteroatoms. The molecule has 25 heavy (non-hydrogen) atoms. The van der Waals surface area contributed by atoms with Crippen molar-refractivity contribution >= 4 is 29.3 Å². The molecule has 3 rings (SSSR count). The summed E-state index contributed by atoms with van der Waals surface area (Å²) in [5.74, 6) is 1.46. The molecule has 0 aliphatic heterocycles. The Morgan fingerprint density at radius 3 is 2.80 bits per heavy atom. The number of nitrogens with zero attached hydrogens (tertiary/aromatic N) is 5. The number of amides is 1. The number of rotatable bonds is 8. The van der Waals surface area contributed by atoms with Crippen LogP contribution in [0.5, 0.6) is 0 Å². The Balaban J connectivity index is 1.76. The number of nitrogens with one attached hydrogen (secondary N) is 1. The van der Waals surface area contributed by atoms with Crippen LogP contribution in [0.2, 0.25) is 5.02 Å². The summed E-state index contributed by atoms with van der Waals surface area (Å²) >= 11 is 7.74. The van der Waals surface area contributed by atoms with Crippen LogP contribution in [0.25, 0.3) is 11.5 Å². The molecule has 1 saturated carbocycles. The number of hydrogen-bond donors (Lipinski definition) is 1. The standard InChI is InChI=1S/C16H23ClN6OS/c1-4-22-8-12(17)14(21-22)15-19-20-16(23(15)11-5-6-11)25-9-13(24)18-7-10(2)3/h8,10-11H,4-7,9H2,1-3H3,(H,18,24). The molecule has 2 aromatic heterocycles. The normalized spacial score (nSPS) is 14.3. The second-order valence-electron chi connectivity index (χ2n) is 6.58. The maximum atomic E-state index is 12.0. The van der Waals surface area contributed by atoms with Crippen LogP contribution in [0.1, 0.15) is 39.7 Å². The van der Waals surface area contributed by atoms with Gasteiger partial charge in [-0.1, -0.05) is 37.2 Å². The number of carbonyl (C=O) groups excluding carboxylic acids is 1. The molecule has 2 heterocycles. The topological polar surface area (TPSA) is 77.6 Å². The molecule has 0 unspecified atom stereocenters. The van der Waals surface area contributed by atoms with Gasteiger partial charge in [-0.05, 0) is 25.7 Å². The van der Waals surface area contributed by atoms with Crippen LogP contribution in [0, 0.1) is 5.92 Å². The molecule has 7 nitrogen and oxygen atoms in total. The fourth-order valence-electron chi connectivity index (χ4n) is 2.41. The first kappa shape index (κ1) is 18.3. The minimum atomic E-state index is 0.0129. The van der Waals surface area contributed by atoms with Crippen LogP contribution in [0.4, 0.5) is 0 Å². The maximum Gasteiger partial charge on any atom is 0.230 e. The Kier molecular flexibility index (Phi) is 5.68. The molecule has 1 aliphatic rings. The SMILES string of the molecule is CCn1cc(Cl)c(-c2nnc(SCC(=O)NCC(C)C)n2C2CC2)n1. The van der Waals surface area contributed by atoms with Gasteiger partial charge in [0.15, 0.2) is 11.0 Å². The summed E-state index contributed by atoms with van der Waals surface area (Å²) in [5, 5.41) is 17.3. The molecule has 0 atom stereocenters. The lowest BCUT2D eigenvalue weighted by molar-refractivity contribution is -0.118. The Bertz CT molecular complexity index is 752. The summed E-state index contributed by atoms with van der Waals surface area (Å²) in [7, 11) is 0. The highest BCUT2D eigenvalue weighted by molar-refractivity contribution is 7.99. The van der Waals surface area contributed by atoms with E-state index in [1.54, 1.807) is 10.9 Å². The average molecular weight is 383 g/mol. The fourth-order valence-corrected chi connectivity index (χ4v) is 3.48. The van der Waals surface area contributed by atoms with Crippen molar-refractivity contribution < 1.29 is 4.79 Å². The molecule has 1 amide bonds. The molecular formula is C16H23ClN6OS. The van der Waals surface area contributed by atoms with Gasteiger partial charge in [-0.2, -0.15) is 5.10 Å². The number of halogens is 1. The third-order valence-corrected chi connectivity index (χ3v) is 5.09. The van der Waals surface area contributed by atoms with Crippen molar-refractivity contribution in [1.82, 2.24) is 29.9 Å². The lowest BCUT2D eigenvalue weighted by atomic mass is 10.2. The predicted octanol–water partition coefficient (Wildman–Crippen LogP) is 3.01. The largest absolute Gasteiger partial charge is 0.355 e. The van der Waals surface area contributed by atoms with E-state index in [1.165, 1.54) is 11.8 Å². The van der Waals surface area contributed by atoms with E-state index < -0.39 is 0 Å². The molecule has 0 radical (unpaired) electrons. The zero-order chi connectivity index (χ0) is 18.0. The molecule has 1 N–H and O–H groups in total. The van der Waals surface area contributed by atoms with Crippen LogP contribution < -0.4 is 5.32 Å². The number of aryl methyl sites for hydroxylation is 1. The Morgan fingerprint density at radius 2 is 2.20 bits per heavy atom. The van der Waals surface area contributed by atoms with Gasteiger partial charge in [0.25, 0.3) is 0 Å². The van der Waals surface area contributed by atoms with Gasteiger partial charge in [0, 0.05) is 25.3 Å². The van der Waals surface area contributed by atoms with E-state index in [9.17, 15) is 4.79 Å². The lowest BCUT2D eigenvalue weighted by Gasteiger charge is -2.09. The van der Waals surface area contributed by atoms with E-state index in [0.717, 1.165) is 24.5 Å². The van der Waals surface area contributed by atoms with E-state index >= 15 is 0 Å². The van der Waals surface area contributed by atoms with Gasteiger partial charge in [-0.15, -0.1) is 10.2 Å². The van der Waals surface area contributed by atoms with Gasteiger partial charge in [0.05, 0.1) is 10.8 Å². The molecule has 0 aromatic carbocycles. The second-order valence-corrected chi connectivity index (χ2v) is 7.92. The molecular weight excluding hydrogens is 360 g/mol. The Hall–Kier alpha value is -1.54. The number of hydrogen-bond acceptors (Lipinski definition) is 5. The summed E-state index contributed by atoms with van der Waals surface area (Å²) in [4.78, 5) is 12.0. The highest BCUT2D eigenvalue weighted by atomic mass is 35.5. The van der Waals surface area contributed by atoms with E-state index in [2.05, 4.69) is 39.0 Å². The number of aromatic nitrogens is 5. The Morgan fingerprint density at radius 1 is 1.44 bits per heavy atom.